The minimum absolute atomic E-state index is 0.0537. The zero-order chi connectivity index (χ0) is 17.3. The minimum atomic E-state index is -0.449. The maximum Gasteiger partial charge on any atom is 0.410 e. The topological polar surface area (TPSA) is 55.8 Å². The Morgan fingerprint density at radius 1 is 1.13 bits per heavy atom. The lowest BCUT2D eigenvalue weighted by Gasteiger charge is -2.39. The summed E-state index contributed by atoms with van der Waals surface area (Å²) in [6, 6.07) is 0. The lowest BCUT2D eigenvalue weighted by atomic mass is 9.77. The summed E-state index contributed by atoms with van der Waals surface area (Å²) >= 11 is 0. The van der Waals surface area contributed by atoms with Gasteiger partial charge in [-0.25, -0.2) is 4.79 Å². The number of nitrogens with zero attached hydrogens (tertiary/aromatic N) is 1. The zero-order valence-corrected chi connectivity index (χ0v) is 15.2. The molecule has 23 heavy (non-hydrogen) atoms. The Labute approximate surface area is 139 Å². The summed E-state index contributed by atoms with van der Waals surface area (Å²) in [6.45, 7) is 10.9. The van der Waals surface area contributed by atoms with Crippen molar-refractivity contribution in [3.8, 4) is 0 Å². The van der Waals surface area contributed by atoms with E-state index in [1.54, 1.807) is 0 Å². The Morgan fingerprint density at radius 3 is 2.26 bits per heavy atom. The molecule has 1 amide bonds. The van der Waals surface area contributed by atoms with Crippen molar-refractivity contribution in [1.82, 2.24) is 4.90 Å². The van der Waals surface area contributed by atoms with E-state index in [0.29, 0.717) is 0 Å². The molecule has 0 radical (unpaired) electrons. The second-order valence-corrected chi connectivity index (χ2v) is 8.42. The predicted molar refractivity (Wildman–Crippen MR) is 88.0 cm³/mol. The maximum atomic E-state index is 12.1. The molecule has 1 unspecified atom stereocenters. The molecular formula is C18H31NO4. The number of hydrogen-bond acceptors (Lipinski definition) is 4. The first kappa shape index (κ1) is 18.1. The first-order valence-corrected chi connectivity index (χ1v) is 8.79. The highest BCUT2D eigenvalue weighted by molar-refractivity contribution is 5.71. The van der Waals surface area contributed by atoms with E-state index in [2.05, 4.69) is 0 Å². The van der Waals surface area contributed by atoms with E-state index < -0.39 is 5.60 Å². The molecule has 1 aliphatic heterocycles. The van der Waals surface area contributed by atoms with Gasteiger partial charge in [0.1, 0.15) is 11.7 Å². The van der Waals surface area contributed by atoms with Gasteiger partial charge in [-0.15, -0.1) is 0 Å². The highest BCUT2D eigenvalue weighted by Crippen LogP contribution is 2.47. The van der Waals surface area contributed by atoms with E-state index in [0.717, 1.165) is 45.2 Å². The summed E-state index contributed by atoms with van der Waals surface area (Å²) in [4.78, 5) is 25.7. The lowest BCUT2D eigenvalue weighted by Crippen LogP contribution is -2.44. The molecule has 0 aromatic rings. The number of piperidine rings is 1. The Bertz CT molecular complexity index is 444. The van der Waals surface area contributed by atoms with Crippen molar-refractivity contribution in [3.63, 3.8) is 0 Å². The van der Waals surface area contributed by atoms with E-state index in [9.17, 15) is 9.59 Å². The lowest BCUT2D eigenvalue weighted by molar-refractivity contribution is -0.152. The Kier molecular flexibility index (Phi) is 5.27. The second-order valence-electron chi connectivity index (χ2n) is 8.42. The van der Waals surface area contributed by atoms with Crippen LogP contribution in [0.1, 0.15) is 66.7 Å². The molecule has 2 rings (SSSR count). The molecule has 1 heterocycles. The van der Waals surface area contributed by atoms with Gasteiger partial charge in [0, 0.05) is 13.1 Å². The van der Waals surface area contributed by atoms with Gasteiger partial charge < -0.3 is 14.4 Å². The first-order valence-electron chi connectivity index (χ1n) is 8.79. The number of likely N-dealkylation sites (tertiary alicyclic amines) is 1. The number of rotatable bonds is 2. The van der Waals surface area contributed by atoms with Crippen LogP contribution in [0.4, 0.5) is 4.79 Å². The van der Waals surface area contributed by atoms with E-state index in [1.165, 1.54) is 0 Å². The van der Waals surface area contributed by atoms with E-state index in [-0.39, 0.29) is 29.5 Å². The van der Waals surface area contributed by atoms with Gasteiger partial charge in [0.25, 0.3) is 0 Å². The fraction of sp³-hybridized carbons (Fsp3) is 0.889. The van der Waals surface area contributed by atoms with Crippen molar-refractivity contribution in [3.05, 3.63) is 0 Å². The van der Waals surface area contributed by atoms with E-state index >= 15 is 0 Å². The van der Waals surface area contributed by atoms with Crippen molar-refractivity contribution in [2.75, 3.05) is 13.1 Å². The summed E-state index contributed by atoms with van der Waals surface area (Å²) in [5, 5.41) is 0. The largest absolute Gasteiger partial charge is 0.462 e. The Hall–Kier alpha value is -1.26. The van der Waals surface area contributed by atoms with E-state index in [4.69, 9.17) is 9.47 Å². The van der Waals surface area contributed by atoms with E-state index in [1.807, 2.05) is 39.5 Å². The molecule has 0 N–H and O–H groups in total. The van der Waals surface area contributed by atoms with Gasteiger partial charge in [0.15, 0.2) is 0 Å². The minimum Gasteiger partial charge on any atom is -0.462 e. The monoisotopic (exact) mass is 325 g/mol. The van der Waals surface area contributed by atoms with Crippen LogP contribution in [0.3, 0.4) is 0 Å². The predicted octanol–water partition coefficient (Wildman–Crippen LogP) is 3.76. The average Bonchev–Trinajstić information content (AvgIpc) is 2.80. The third-order valence-electron chi connectivity index (χ3n) is 4.89. The molecule has 1 saturated carbocycles. The third kappa shape index (κ3) is 4.85. The van der Waals surface area contributed by atoms with Crippen LogP contribution < -0.4 is 0 Å². The van der Waals surface area contributed by atoms with Crippen LogP contribution in [-0.4, -0.2) is 41.8 Å². The summed E-state index contributed by atoms with van der Waals surface area (Å²) in [5.74, 6) is -0.168. The fourth-order valence-corrected chi connectivity index (χ4v) is 3.50. The highest BCUT2D eigenvalue weighted by Gasteiger charge is 2.43. The molecule has 2 fully saturated rings. The molecule has 0 aromatic heterocycles. The van der Waals surface area contributed by atoms with Crippen LogP contribution in [0.5, 0.6) is 0 Å². The van der Waals surface area contributed by atoms with Crippen molar-refractivity contribution in [2.24, 2.45) is 11.3 Å². The first-order chi connectivity index (χ1) is 10.6. The molecule has 1 aliphatic carbocycles. The molecule has 5 heteroatoms. The van der Waals surface area contributed by atoms with Gasteiger partial charge in [-0.1, -0.05) is 13.8 Å². The van der Waals surface area contributed by atoms with Crippen LogP contribution in [0, 0.1) is 11.3 Å². The van der Waals surface area contributed by atoms with Gasteiger partial charge in [-0.2, -0.15) is 0 Å². The highest BCUT2D eigenvalue weighted by atomic mass is 16.6. The van der Waals surface area contributed by atoms with Crippen molar-refractivity contribution in [2.45, 2.75) is 78.4 Å². The van der Waals surface area contributed by atoms with Crippen molar-refractivity contribution < 1.29 is 19.1 Å². The Morgan fingerprint density at radius 2 is 1.74 bits per heavy atom. The summed E-state index contributed by atoms with van der Waals surface area (Å²) < 4.78 is 11.0. The molecular weight excluding hydrogens is 294 g/mol. The third-order valence-corrected chi connectivity index (χ3v) is 4.89. The summed E-state index contributed by atoms with van der Waals surface area (Å²) in [6.07, 6.45) is 4.76. The standard InChI is InChI=1S/C18H31NO4/c1-13(2)15(20)22-14-6-7-18(12-14)8-10-19(11-9-18)16(21)23-17(3,4)5/h13-14H,6-12H2,1-5H3. The number of hydrogen-bond donors (Lipinski definition) is 0. The summed E-state index contributed by atoms with van der Waals surface area (Å²) in [5.41, 5.74) is -0.212. The van der Waals surface area contributed by atoms with Gasteiger partial charge in [0.05, 0.1) is 5.92 Å². The molecule has 2 aliphatic rings. The fourth-order valence-electron chi connectivity index (χ4n) is 3.50. The van der Waals surface area contributed by atoms with Crippen molar-refractivity contribution >= 4 is 12.1 Å². The SMILES string of the molecule is CC(C)C(=O)OC1CCC2(CCN(C(=O)OC(C)(C)C)CC2)C1. The normalized spacial score (nSPS) is 24.1. The molecule has 1 spiro atoms. The number of carbonyl (C=O) groups is 2. The van der Waals surface area contributed by atoms with Gasteiger partial charge >= 0.3 is 12.1 Å². The number of carbonyl (C=O) groups excluding carboxylic acids is 2. The number of ether oxygens (including phenoxy) is 2. The van der Waals surface area contributed by atoms with Crippen molar-refractivity contribution in [1.29, 1.82) is 0 Å². The maximum absolute atomic E-state index is 12.1. The zero-order valence-electron chi connectivity index (χ0n) is 15.2. The second kappa shape index (κ2) is 6.70. The smallest absolute Gasteiger partial charge is 0.410 e. The van der Waals surface area contributed by atoms with Crippen LogP contribution in [0.2, 0.25) is 0 Å². The Balaban J connectivity index is 1.82. The molecule has 0 bridgehead atoms. The quantitative estimate of drug-likeness (QED) is 0.726. The molecule has 1 saturated heterocycles. The van der Waals surface area contributed by atoms with Crippen LogP contribution in [0.15, 0.2) is 0 Å². The van der Waals surface area contributed by atoms with Crippen LogP contribution >= 0.6 is 0 Å². The van der Waals surface area contributed by atoms with Gasteiger partial charge in [-0.3, -0.25) is 4.79 Å². The van der Waals surface area contributed by atoms with Crippen LogP contribution in [-0.2, 0) is 14.3 Å². The molecule has 1 atom stereocenters. The summed E-state index contributed by atoms with van der Waals surface area (Å²) in [7, 11) is 0. The number of amides is 1. The molecule has 5 nitrogen and oxygen atoms in total. The molecule has 132 valence electrons. The van der Waals surface area contributed by atoms with Gasteiger partial charge in [-0.05, 0) is 58.3 Å². The van der Waals surface area contributed by atoms with Gasteiger partial charge in [0.2, 0.25) is 0 Å². The number of esters is 1. The van der Waals surface area contributed by atoms with Crippen LogP contribution in [0.25, 0.3) is 0 Å². The average molecular weight is 325 g/mol. The molecule has 0 aromatic carbocycles.